The molecule has 2 aromatic rings. The zero-order valence-electron chi connectivity index (χ0n) is 11.0. The van der Waals surface area contributed by atoms with Crippen molar-refractivity contribution in [1.29, 1.82) is 0 Å². The van der Waals surface area contributed by atoms with E-state index in [4.69, 9.17) is 0 Å². The van der Waals surface area contributed by atoms with Gasteiger partial charge in [0.05, 0.1) is 12.2 Å². The molecule has 20 heavy (non-hydrogen) atoms. The molecule has 0 aliphatic heterocycles. The number of hydrogen-bond acceptors (Lipinski definition) is 4. The van der Waals surface area contributed by atoms with Crippen LogP contribution in [0.3, 0.4) is 0 Å². The number of aromatic nitrogens is 3. The lowest BCUT2D eigenvalue weighted by Gasteiger charge is -2.14. The van der Waals surface area contributed by atoms with Gasteiger partial charge in [0.25, 0.3) is 5.91 Å². The highest BCUT2D eigenvalue weighted by molar-refractivity contribution is 5.97. The van der Waals surface area contributed by atoms with E-state index in [2.05, 4.69) is 15.4 Å². The largest absolute Gasteiger partial charge is 0.396 e. The molecule has 2 aromatic heterocycles. The van der Waals surface area contributed by atoms with Crippen LogP contribution in [-0.4, -0.2) is 38.9 Å². The number of nitrogens with one attached hydrogen (secondary N) is 1. The zero-order chi connectivity index (χ0) is 14.0. The Morgan fingerprint density at radius 1 is 1.40 bits per heavy atom. The summed E-state index contributed by atoms with van der Waals surface area (Å²) in [7, 11) is 0. The fourth-order valence-corrected chi connectivity index (χ4v) is 2.08. The molecule has 0 atom stereocenters. The van der Waals surface area contributed by atoms with Crippen molar-refractivity contribution in [3.8, 4) is 5.82 Å². The van der Waals surface area contributed by atoms with Gasteiger partial charge in [0, 0.05) is 30.6 Å². The van der Waals surface area contributed by atoms with Crippen LogP contribution in [0.1, 0.15) is 23.2 Å². The highest BCUT2D eigenvalue weighted by atomic mass is 16.3. The summed E-state index contributed by atoms with van der Waals surface area (Å²) in [4.78, 5) is 16.5. The van der Waals surface area contributed by atoms with Crippen molar-refractivity contribution in [2.45, 2.75) is 12.8 Å². The maximum absolute atomic E-state index is 12.3. The van der Waals surface area contributed by atoms with Crippen LogP contribution in [0.2, 0.25) is 0 Å². The summed E-state index contributed by atoms with van der Waals surface area (Å²) >= 11 is 0. The maximum Gasteiger partial charge on any atom is 0.255 e. The van der Waals surface area contributed by atoms with Crippen molar-refractivity contribution in [1.82, 2.24) is 20.1 Å². The van der Waals surface area contributed by atoms with E-state index in [9.17, 15) is 9.90 Å². The fourth-order valence-electron chi connectivity index (χ4n) is 2.08. The molecular weight excluding hydrogens is 256 g/mol. The third-order valence-corrected chi connectivity index (χ3v) is 3.67. The van der Waals surface area contributed by atoms with E-state index in [1.165, 1.54) is 0 Å². The number of amides is 1. The van der Waals surface area contributed by atoms with Crippen LogP contribution >= 0.6 is 0 Å². The van der Waals surface area contributed by atoms with E-state index in [1.807, 2.05) is 0 Å². The molecule has 1 fully saturated rings. The minimum absolute atomic E-state index is 0.107. The van der Waals surface area contributed by atoms with E-state index in [-0.39, 0.29) is 17.9 Å². The summed E-state index contributed by atoms with van der Waals surface area (Å²) in [5, 5.41) is 16.2. The van der Waals surface area contributed by atoms with Gasteiger partial charge in [-0.25, -0.2) is 9.67 Å². The van der Waals surface area contributed by atoms with Gasteiger partial charge in [-0.3, -0.25) is 4.79 Å². The molecule has 1 aliphatic carbocycles. The predicted octanol–water partition coefficient (Wildman–Crippen LogP) is 0.770. The Morgan fingerprint density at radius 2 is 2.25 bits per heavy atom. The molecule has 0 unspecified atom stereocenters. The first-order valence-electron chi connectivity index (χ1n) is 6.58. The van der Waals surface area contributed by atoms with Crippen molar-refractivity contribution in [2.75, 3.05) is 13.2 Å². The molecule has 3 rings (SSSR count). The van der Waals surface area contributed by atoms with E-state index < -0.39 is 0 Å². The molecule has 1 amide bonds. The standard InChI is InChI=1S/C14H16N4O2/c19-10-14(4-5-14)9-16-13(20)11-3-1-6-15-12(11)18-8-2-7-17-18/h1-3,6-8,19H,4-5,9-10H2,(H,16,20). The number of aliphatic hydroxyl groups excluding tert-OH is 1. The molecule has 6 nitrogen and oxygen atoms in total. The number of rotatable bonds is 5. The Balaban J connectivity index is 1.78. The first kappa shape index (κ1) is 12.8. The van der Waals surface area contributed by atoms with Crippen molar-refractivity contribution in [2.24, 2.45) is 5.41 Å². The second kappa shape index (κ2) is 5.05. The Bertz CT molecular complexity index is 605. The highest BCUT2D eigenvalue weighted by Gasteiger charge is 2.42. The molecule has 2 heterocycles. The highest BCUT2D eigenvalue weighted by Crippen LogP contribution is 2.44. The topological polar surface area (TPSA) is 80.0 Å². The van der Waals surface area contributed by atoms with Gasteiger partial charge in [-0.1, -0.05) is 0 Å². The molecule has 104 valence electrons. The summed E-state index contributed by atoms with van der Waals surface area (Å²) in [5.74, 6) is 0.312. The summed E-state index contributed by atoms with van der Waals surface area (Å²) in [6.07, 6.45) is 6.94. The van der Waals surface area contributed by atoms with Crippen LogP contribution in [0.4, 0.5) is 0 Å². The number of pyridine rings is 1. The molecule has 0 saturated heterocycles. The lowest BCUT2D eigenvalue weighted by molar-refractivity contribution is 0.0934. The summed E-state index contributed by atoms with van der Waals surface area (Å²) in [6, 6.07) is 5.22. The van der Waals surface area contributed by atoms with Gasteiger partial charge in [-0.15, -0.1) is 0 Å². The van der Waals surface area contributed by atoms with Crippen molar-refractivity contribution in [3.05, 3.63) is 42.4 Å². The van der Waals surface area contributed by atoms with E-state index in [0.717, 1.165) is 12.8 Å². The Hall–Kier alpha value is -2.21. The number of nitrogens with zero attached hydrogens (tertiary/aromatic N) is 3. The number of hydrogen-bond donors (Lipinski definition) is 2. The molecule has 0 bridgehead atoms. The minimum atomic E-state index is -0.191. The Kier molecular flexibility index (Phi) is 3.23. The summed E-state index contributed by atoms with van der Waals surface area (Å²) in [6.45, 7) is 0.613. The van der Waals surface area contributed by atoms with Gasteiger partial charge in [0.2, 0.25) is 0 Å². The fraction of sp³-hybridized carbons (Fsp3) is 0.357. The van der Waals surface area contributed by atoms with Crippen LogP contribution in [0, 0.1) is 5.41 Å². The third-order valence-electron chi connectivity index (χ3n) is 3.67. The van der Waals surface area contributed by atoms with Gasteiger partial charge in [0.15, 0.2) is 5.82 Å². The minimum Gasteiger partial charge on any atom is -0.396 e. The number of carbonyl (C=O) groups is 1. The van der Waals surface area contributed by atoms with Crippen molar-refractivity contribution >= 4 is 5.91 Å². The zero-order valence-corrected chi connectivity index (χ0v) is 11.0. The molecule has 1 aliphatic rings. The molecule has 0 spiro atoms. The second-order valence-electron chi connectivity index (χ2n) is 5.17. The third kappa shape index (κ3) is 2.42. The smallest absolute Gasteiger partial charge is 0.255 e. The first-order chi connectivity index (χ1) is 9.74. The van der Waals surface area contributed by atoms with Gasteiger partial charge in [-0.2, -0.15) is 5.10 Å². The van der Waals surface area contributed by atoms with E-state index in [1.54, 1.807) is 41.5 Å². The van der Waals surface area contributed by atoms with Crippen LogP contribution < -0.4 is 5.32 Å². The van der Waals surface area contributed by atoms with E-state index in [0.29, 0.717) is 17.9 Å². The average Bonchev–Trinajstić information content (AvgIpc) is 3.07. The lowest BCUT2D eigenvalue weighted by Crippen LogP contribution is -2.32. The van der Waals surface area contributed by atoms with Crippen LogP contribution in [-0.2, 0) is 0 Å². The number of carbonyl (C=O) groups excluding carboxylic acids is 1. The molecular formula is C14H16N4O2. The van der Waals surface area contributed by atoms with Crippen LogP contribution in [0.15, 0.2) is 36.8 Å². The van der Waals surface area contributed by atoms with Gasteiger partial charge in [0.1, 0.15) is 0 Å². The predicted molar refractivity (Wildman–Crippen MR) is 72.4 cm³/mol. The molecule has 6 heteroatoms. The second-order valence-corrected chi connectivity index (χ2v) is 5.17. The van der Waals surface area contributed by atoms with Crippen molar-refractivity contribution < 1.29 is 9.90 Å². The molecule has 2 N–H and O–H groups in total. The monoisotopic (exact) mass is 272 g/mol. The van der Waals surface area contributed by atoms with Crippen molar-refractivity contribution in [3.63, 3.8) is 0 Å². The Labute approximate surface area is 116 Å². The quantitative estimate of drug-likeness (QED) is 0.842. The average molecular weight is 272 g/mol. The van der Waals surface area contributed by atoms with Crippen LogP contribution in [0.5, 0.6) is 0 Å². The first-order valence-corrected chi connectivity index (χ1v) is 6.58. The normalized spacial score (nSPS) is 15.8. The molecule has 1 saturated carbocycles. The van der Waals surface area contributed by atoms with Crippen LogP contribution in [0.25, 0.3) is 5.82 Å². The van der Waals surface area contributed by atoms with Gasteiger partial charge >= 0.3 is 0 Å². The Morgan fingerprint density at radius 3 is 2.90 bits per heavy atom. The van der Waals surface area contributed by atoms with Gasteiger partial charge in [-0.05, 0) is 31.0 Å². The summed E-state index contributed by atoms with van der Waals surface area (Å²) in [5.41, 5.74) is 0.369. The summed E-state index contributed by atoms with van der Waals surface area (Å²) < 4.78 is 1.56. The SMILES string of the molecule is O=C(NCC1(CO)CC1)c1cccnc1-n1cccn1. The lowest BCUT2D eigenvalue weighted by atomic mass is 10.1. The molecule has 0 radical (unpaired) electrons. The maximum atomic E-state index is 12.3. The van der Waals surface area contributed by atoms with E-state index >= 15 is 0 Å². The molecule has 0 aromatic carbocycles. The van der Waals surface area contributed by atoms with Gasteiger partial charge < -0.3 is 10.4 Å². The number of aliphatic hydroxyl groups is 1.